The molecule has 0 aromatic heterocycles. The van der Waals surface area contributed by atoms with Crippen LogP contribution in [0.4, 0.5) is 0 Å². The number of likely N-dealkylation sites (tertiary alicyclic amines) is 1. The summed E-state index contributed by atoms with van der Waals surface area (Å²) in [5, 5.41) is 5.76. The summed E-state index contributed by atoms with van der Waals surface area (Å²) in [5.41, 5.74) is 1.80. The molecule has 1 aliphatic carbocycles. The molecule has 2 aromatic carbocycles. The van der Waals surface area contributed by atoms with Crippen molar-refractivity contribution in [3.05, 3.63) is 95.6 Å². The van der Waals surface area contributed by atoms with Gasteiger partial charge in [0.05, 0.1) is 16.0 Å². The van der Waals surface area contributed by atoms with E-state index in [1.165, 1.54) is 4.90 Å². The Hall–Kier alpha value is -4.05. The molecule has 0 bridgehead atoms. The number of allylic oxidation sites excluding steroid dienone is 4. The molecule has 2 heterocycles. The Morgan fingerprint density at radius 3 is 2.28 bits per heavy atom. The molecule has 0 radical (unpaired) electrons. The lowest BCUT2D eigenvalue weighted by Crippen LogP contribution is -2.56. The van der Waals surface area contributed by atoms with Crippen molar-refractivity contribution in [2.75, 3.05) is 20.1 Å². The minimum atomic E-state index is -0.777. The van der Waals surface area contributed by atoms with E-state index in [0.717, 1.165) is 18.4 Å². The minimum absolute atomic E-state index is 0.149. The number of hydrogen-bond donors (Lipinski definition) is 2. The van der Waals surface area contributed by atoms with E-state index in [-0.39, 0.29) is 47.9 Å². The van der Waals surface area contributed by atoms with Gasteiger partial charge >= 0.3 is 0 Å². The molecule has 5 atom stereocenters. The van der Waals surface area contributed by atoms with Crippen molar-refractivity contribution >= 4 is 45.5 Å². The van der Waals surface area contributed by atoms with Crippen molar-refractivity contribution in [1.82, 2.24) is 20.4 Å². The van der Waals surface area contributed by atoms with Crippen LogP contribution in [0.25, 0.3) is 0 Å². The summed E-state index contributed by atoms with van der Waals surface area (Å²) in [6.07, 6.45) is 12.4. The van der Waals surface area contributed by atoms with Gasteiger partial charge in [0.25, 0.3) is 11.8 Å². The number of nitrogens with zero attached hydrogens (tertiary/aromatic N) is 2. The second-order valence-electron chi connectivity index (χ2n) is 12.2. The number of rotatable bonds is 12. The highest BCUT2D eigenvalue weighted by Crippen LogP contribution is 2.32. The zero-order valence-electron chi connectivity index (χ0n) is 26.1. The van der Waals surface area contributed by atoms with Gasteiger partial charge in [-0.1, -0.05) is 89.1 Å². The lowest BCUT2D eigenvalue weighted by Gasteiger charge is -2.32. The number of imide groups is 1. The average Bonchev–Trinajstić information content (AvgIpc) is 3.21. The van der Waals surface area contributed by atoms with Crippen LogP contribution in [-0.2, 0) is 20.8 Å². The largest absolute Gasteiger partial charge is 0.357 e. The highest BCUT2D eigenvalue weighted by Gasteiger charge is 2.40. The highest BCUT2D eigenvalue weighted by molar-refractivity contribution is 9.10. The van der Waals surface area contributed by atoms with E-state index in [9.17, 15) is 24.0 Å². The number of unbranched alkanes of at least 4 members (excludes halogenated alkanes) is 1. The fourth-order valence-corrected chi connectivity index (χ4v) is 7.14. The normalized spacial score (nSPS) is 22.3. The molecule has 1 fully saturated rings. The topological polar surface area (TPSA) is 116 Å². The Kier molecular flexibility index (Phi) is 11.2. The van der Waals surface area contributed by atoms with Crippen molar-refractivity contribution in [1.29, 1.82) is 0 Å². The molecule has 3 unspecified atom stereocenters. The average molecular weight is 690 g/mol. The zero-order chi connectivity index (χ0) is 32.6. The first-order valence-electron chi connectivity index (χ1n) is 16.1. The van der Waals surface area contributed by atoms with Crippen molar-refractivity contribution in [3.63, 3.8) is 0 Å². The molecular formula is C36H41BrN4O5. The van der Waals surface area contributed by atoms with Gasteiger partial charge in [0, 0.05) is 26.6 Å². The SMILES string of the molecule is CNC(=O)[C@H](Cc1ccccc1)N1CC[C@H](C2C=CC=CC2)CC(NC(=O)C(Br)CCCCN2C(=O)c3ccccc3C2=O)C1=O. The van der Waals surface area contributed by atoms with Crippen LogP contribution in [0.5, 0.6) is 0 Å². The molecule has 0 saturated carbocycles. The van der Waals surface area contributed by atoms with E-state index in [2.05, 4.69) is 38.7 Å². The summed E-state index contributed by atoms with van der Waals surface area (Å²) in [6, 6.07) is 15.0. The summed E-state index contributed by atoms with van der Waals surface area (Å²) in [6.45, 7) is 0.696. The number of amides is 5. The van der Waals surface area contributed by atoms with E-state index in [1.807, 2.05) is 42.5 Å². The van der Waals surface area contributed by atoms with Gasteiger partial charge in [0.1, 0.15) is 12.1 Å². The van der Waals surface area contributed by atoms with Gasteiger partial charge in [-0.25, -0.2) is 0 Å². The third kappa shape index (κ3) is 7.66. The monoisotopic (exact) mass is 688 g/mol. The maximum Gasteiger partial charge on any atom is 0.261 e. The van der Waals surface area contributed by atoms with Gasteiger partial charge < -0.3 is 15.5 Å². The third-order valence-electron chi connectivity index (χ3n) is 9.25. The van der Waals surface area contributed by atoms with E-state index in [1.54, 1.807) is 36.2 Å². The molecule has 5 amide bonds. The van der Waals surface area contributed by atoms with E-state index < -0.39 is 16.9 Å². The third-order valence-corrected chi connectivity index (χ3v) is 10.1. The van der Waals surface area contributed by atoms with Gasteiger partial charge in [0.15, 0.2) is 0 Å². The van der Waals surface area contributed by atoms with Gasteiger partial charge in [-0.15, -0.1) is 0 Å². The van der Waals surface area contributed by atoms with E-state index in [4.69, 9.17) is 0 Å². The molecule has 242 valence electrons. The van der Waals surface area contributed by atoms with Crippen LogP contribution in [0.2, 0.25) is 0 Å². The highest BCUT2D eigenvalue weighted by atomic mass is 79.9. The maximum atomic E-state index is 14.2. The number of carbonyl (C=O) groups is 5. The molecule has 9 nitrogen and oxygen atoms in total. The summed E-state index contributed by atoms with van der Waals surface area (Å²) in [7, 11) is 1.58. The van der Waals surface area contributed by atoms with Crippen LogP contribution < -0.4 is 10.6 Å². The molecule has 2 aromatic rings. The first kappa shape index (κ1) is 33.3. The van der Waals surface area contributed by atoms with Gasteiger partial charge in [-0.3, -0.25) is 28.9 Å². The second kappa shape index (κ2) is 15.5. The number of nitrogens with one attached hydrogen (secondary N) is 2. The molecule has 10 heteroatoms. The van der Waals surface area contributed by atoms with Crippen LogP contribution in [0, 0.1) is 11.8 Å². The number of fused-ring (bicyclic) bond motifs is 1. The van der Waals surface area contributed by atoms with Crippen LogP contribution in [0.1, 0.15) is 64.8 Å². The van der Waals surface area contributed by atoms with Crippen molar-refractivity contribution < 1.29 is 24.0 Å². The standard InChI is InChI=1S/C36H41BrN4O5/c1-38-33(43)31(22-24-12-4-2-5-13-24)40-21-19-26(25-14-6-3-7-15-25)23-30(36(40)46)39-32(42)29(37)18-10-11-20-41-34(44)27-16-8-9-17-28(27)35(41)45/h2-9,12-14,16-17,25-26,29-31H,10-11,15,18-23H2,1H3,(H,38,43)(H,39,42)/t25?,26-,29?,30?,31-/m0/s1. The summed E-state index contributed by atoms with van der Waals surface area (Å²) in [5.74, 6) is -0.963. The number of halogens is 1. The lowest BCUT2D eigenvalue weighted by atomic mass is 9.81. The Balaban J connectivity index is 1.23. The number of likely N-dealkylation sites (N-methyl/N-ethyl adjacent to an activating group) is 1. The summed E-state index contributed by atoms with van der Waals surface area (Å²) in [4.78, 5) is 68.5. The summed E-state index contributed by atoms with van der Waals surface area (Å²) < 4.78 is 0. The van der Waals surface area contributed by atoms with E-state index >= 15 is 0 Å². The van der Waals surface area contributed by atoms with Crippen LogP contribution >= 0.6 is 15.9 Å². The predicted molar refractivity (Wildman–Crippen MR) is 179 cm³/mol. The van der Waals surface area contributed by atoms with Gasteiger partial charge in [-0.2, -0.15) is 0 Å². The fourth-order valence-electron chi connectivity index (χ4n) is 6.68. The molecule has 0 spiro atoms. The predicted octanol–water partition coefficient (Wildman–Crippen LogP) is 4.43. The van der Waals surface area contributed by atoms with Crippen LogP contribution in [0.3, 0.4) is 0 Å². The second-order valence-corrected chi connectivity index (χ2v) is 13.3. The van der Waals surface area contributed by atoms with Crippen LogP contribution in [-0.4, -0.2) is 76.4 Å². The van der Waals surface area contributed by atoms with Crippen molar-refractivity contribution in [3.8, 4) is 0 Å². The maximum absolute atomic E-state index is 14.2. The quantitative estimate of drug-likeness (QED) is 0.195. The molecule has 5 rings (SSSR count). The first-order chi connectivity index (χ1) is 22.3. The smallest absolute Gasteiger partial charge is 0.261 e. The summed E-state index contributed by atoms with van der Waals surface area (Å²) >= 11 is 3.52. The molecule has 3 aliphatic rings. The van der Waals surface area contributed by atoms with Crippen molar-refractivity contribution in [2.45, 2.75) is 61.9 Å². The minimum Gasteiger partial charge on any atom is -0.357 e. The number of alkyl halides is 1. The molecule has 2 N–H and O–H groups in total. The Morgan fingerprint density at radius 2 is 1.63 bits per heavy atom. The Labute approximate surface area is 278 Å². The number of benzene rings is 2. The fraction of sp³-hybridized carbons (Fsp3) is 0.417. The Morgan fingerprint density at radius 1 is 0.935 bits per heavy atom. The molecular weight excluding hydrogens is 648 g/mol. The van der Waals surface area contributed by atoms with Crippen LogP contribution in [0.15, 0.2) is 78.9 Å². The molecule has 1 saturated heterocycles. The first-order valence-corrected chi connectivity index (χ1v) is 17.0. The number of carbonyl (C=O) groups excluding carboxylic acids is 5. The van der Waals surface area contributed by atoms with E-state index in [0.29, 0.717) is 49.8 Å². The molecule has 46 heavy (non-hydrogen) atoms. The van der Waals surface area contributed by atoms with Gasteiger partial charge in [0.2, 0.25) is 17.7 Å². The Bertz CT molecular complexity index is 1470. The number of hydrogen-bond acceptors (Lipinski definition) is 5. The molecule has 2 aliphatic heterocycles. The lowest BCUT2D eigenvalue weighted by molar-refractivity contribution is -0.142. The van der Waals surface area contributed by atoms with Gasteiger partial charge in [-0.05, 0) is 61.6 Å². The zero-order valence-corrected chi connectivity index (χ0v) is 27.7. The van der Waals surface area contributed by atoms with Crippen molar-refractivity contribution in [2.24, 2.45) is 11.8 Å².